The maximum absolute atomic E-state index is 12.3. The highest BCUT2D eigenvalue weighted by Gasteiger charge is 2.16. The number of sulfonamides is 1. The molecule has 2 N–H and O–H groups in total. The third kappa shape index (κ3) is 5.65. The average Bonchev–Trinajstić information content (AvgIpc) is 2.44. The molecule has 0 spiro atoms. The fourth-order valence-corrected chi connectivity index (χ4v) is 2.98. The van der Waals surface area contributed by atoms with Crippen LogP contribution in [0.5, 0.6) is 5.75 Å². The molecule has 0 radical (unpaired) electrons. The minimum absolute atomic E-state index is 0.278. The molecule has 0 unspecified atom stereocenters. The van der Waals surface area contributed by atoms with Gasteiger partial charge in [-0.2, -0.15) is 0 Å². The molecule has 0 aliphatic heterocycles. The predicted molar refractivity (Wildman–Crippen MR) is 85.0 cm³/mol. The zero-order valence-electron chi connectivity index (χ0n) is 13.3. The van der Waals surface area contributed by atoms with E-state index in [1.807, 2.05) is 6.92 Å². The lowest BCUT2D eigenvalue weighted by molar-refractivity contribution is 0.407. The standard InChI is InChI=1S/C15H26N2O3S/c1-5-16-11-13-10-14(6-7-15(13)20-4)21(18,19)17-9-8-12(2)3/h6-7,10,12,16-17H,5,8-9,11H2,1-4H3. The first-order valence-electron chi connectivity index (χ1n) is 7.28. The Hall–Kier alpha value is -1.11. The van der Waals surface area contributed by atoms with E-state index in [0.29, 0.717) is 24.8 Å². The third-order valence-corrected chi connectivity index (χ3v) is 4.60. The maximum Gasteiger partial charge on any atom is 0.240 e. The Kier molecular flexibility index (Phi) is 7.14. The van der Waals surface area contributed by atoms with Crippen LogP contribution in [0.3, 0.4) is 0 Å². The quantitative estimate of drug-likeness (QED) is 0.733. The summed E-state index contributed by atoms with van der Waals surface area (Å²) >= 11 is 0. The van der Waals surface area contributed by atoms with Crippen LogP contribution in [-0.4, -0.2) is 28.6 Å². The molecule has 5 nitrogen and oxygen atoms in total. The molecule has 6 heteroatoms. The predicted octanol–water partition coefficient (Wildman–Crippen LogP) is 2.13. The number of nitrogens with one attached hydrogen (secondary N) is 2. The maximum atomic E-state index is 12.3. The van der Waals surface area contributed by atoms with Crippen molar-refractivity contribution < 1.29 is 13.2 Å². The normalized spacial score (nSPS) is 11.9. The summed E-state index contributed by atoms with van der Waals surface area (Å²) in [4.78, 5) is 0.278. The minimum atomic E-state index is -3.46. The van der Waals surface area contributed by atoms with Gasteiger partial charge >= 0.3 is 0 Å². The molecule has 0 aliphatic rings. The number of ether oxygens (including phenoxy) is 1. The molecule has 1 aromatic carbocycles. The monoisotopic (exact) mass is 314 g/mol. The summed E-state index contributed by atoms with van der Waals surface area (Å²) in [6.07, 6.45) is 0.819. The van der Waals surface area contributed by atoms with Crippen LogP contribution in [0.4, 0.5) is 0 Å². The van der Waals surface area contributed by atoms with Gasteiger partial charge in [0.25, 0.3) is 0 Å². The SMILES string of the molecule is CCNCc1cc(S(=O)(=O)NCCC(C)C)ccc1OC. The number of hydrogen-bond donors (Lipinski definition) is 2. The van der Waals surface area contributed by atoms with E-state index in [1.165, 1.54) is 0 Å². The molecule has 1 aromatic rings. The topological polar surface area (TPSA) is 67.4 Å². The van der Waals surface area contributed by atoms with Gasteiger partial charge in [0, 0.05) is 18.7 Å². The van der Waals surface area contributed by atoms with Crippen LogP contribution in [0, 0.1) is 5.92 Å². The number of methoxy groups -OCH3 is 1. The largest absolute Gasteiger partial charge is 0.496 e. The third-order valence-electron chi connectivity index (χ3n) is 3.14. The molecular weight excluding hydrogens is 288 g/mol. The van der Waals surface area contributed by atoms with Crippen molar-refractivity contribution in [3.8, 4) is 5.75 Å². The van der Waals surface area contributed by atoms with Crippen LogP contribution in [0.2, 0.25) is 0 Å². The minimum Gasteiger partial charge on any atom is -0.496 e. The first-order valence-corrected chi connectivity index (χ1v) is 8.76. The number of rotatable bonds is 9. The molecule has 0 fully saturated rings. The van der Waals surface area contributed by atoms with E-state index >= 15 is 0 Å². The molecule has 0 aliphatic carbocycles. The van der Waals surface area contributed by atoms with Gasteiger partial charge in [0.15, 0.2) is 0 Å². The smallest absolute Gasteiger partial charge is 0.240 e. The zero-order chi connectivity index (χ0) is 15.9. The molecule has 1 rings (SSSR count). The highest BCUT2D eigenvalue weighted by atomic mass is 32.2. The van der Waals surface area contributed by atoms with Crippen LogP contribution in [-0.2, 0) is 16.6 Å². The zero-order valence-corrected chi connectivity index (χ0v) is 14.1. The van der Waals surface area contributed by atoms with Crippen molar-refractivity contribution in [2.24, 2.45) is 5.92 Å². The van der Waals surface area contributed by atoms with Crippen molar-refractivity contribution in [3.05, 3.63) is 23.8 Å². The Morgan fingerprint density at radius 3 is 2.57 bits per heavy atom. The summed E-state index contributed by atoms with van der Waals surface area (Å²) in [6.45, 7) is 7.98. The number of hydrogen-bond acceptors (Lipinski definition) is 4. The van der Waals surface area contributed by atoms with Crippen LogP contribution in [0.15, 0.2) is 23.1 Å². The number of benzene rings is 1. The van der Waals surface area contributed by atoms with E-state index in [2.05, 4.69) is 23.9 Å². The summed E-state index contributed by atoms with van der Waals surface area (Å²) in [5, 5.41) is 3.18. The van der Waals surface area contributed by atoms with E-state index in [4.69, 9.17) is 4.74 Å². The van der Waals surface area contributed by atoms with E-state index in [9.17, 15) is 8.42 Å². The second-order valence-corrected chi connectivity index (χ2v) is 7.10. The van der Waals surface area contributed by atoms with Crippen LogP contribution in [0.25, 0.3) is 0 Å². The lowest BCUT2D eigenvalue weighted by atomic mass is 10.1. The Morgan fingerprint density at radius 2 is 2.00 bits per heavy atom. The van der Waals surface area contributed by atoms with E-state index in [0.717, 1.165) is 18.5 Å². The van der Waals surface area contributed by atoms with Gasteiger partial charge in [0.05, 0.1) is 12.0 Å². The van der Waals surface area contributed by atoms with Gasteiger partial charge in [-0.1, -0.05) is 20.8 Å². The second kappa shape index (κ2) is 8.36. The van der Waals surface area contributed by atoms with Crippen LogP contribution >= 0.6 is 0 Å². The van der Waals surface area contributed by atoms with Crippen LogP contribution in [0.1, 0.15) is 32.8 Å². The van der Waals surface area contributed by atoms with Gasteiger partial charge in [-0.05, 0) is 37.1 Å². The fourth-order valence-electron chi connectivity index (χ4n) is 1.89. The fraction of sp³-hybridized carbons (Fsp3) is 0.600. The summed E-state index contributed by atoms with van der Waals surface area (Å²) < 4.78 is 32.4. The molecule has 21 heavy (non-hydrogen) atoms. The summed E-state index contributed by atoms with van der Waals surface area (Å²) in [6, 6.07) is 4.94. The van der Waals surface area contributed by atoms with Gasteiger partial charge in [-0.25, -0.2) is 13.1 Å². The van der Waals surface area contributed by atoms with Crippen molar-refractivity contribution >= 4 is 10.0 Å². The molecule has 0 bridgehead atoms. The highest BCUT2D eigenvalue weighted by molar-refractivity contribution is 7.89. The van der Waals surface area contributed by atoms with Gasteiger partial charge in [0.1, 0.15) is 5.75 Å². The Morgan fingerprint density at radius 1 is 1.29 bits per heavy atom. The second-order valence-electron chi connectivity index (χ2n) is 5.33. The molecule has 0 saturated heterocycles. The summed E-state index contributed by atoms with van der Waals surface area (Å²) in [5.74, 6) is 1.16. The van der Waals surface area contributed by atoms with Crippen LogP contribution < -0.4 is 14.8 Å². The van der Waals surface area contributed by atoms with Crippen molar-refractivity contribution in [1.29, 1.82) is 0 Å². The highest BCUT2D eigenvalue weighted by Crippen LogP contribution is 2.22. The molecule has 0 aromatic heterocycles. The van der Waals surface area contributed by atoms with Crippen molar-refractivity contribution in [1.82, 2.24) is 10.0 Å². The van der Waals surface area contributed by atoms with Crippen molar-refractivity contribution in [3.63, 3.8) is 0 Å². The Labute approximate surface area is 128 Å². The molecule has 120 valence electrons. The average molecular weight is 314 g/mol. The first kappa shape index (κ1) is 17.9. The first-order chi connectivity index (χ1) is 9.90. The van der Waals surface area contributed by atoms with Gasteiger partial charge < -0.3 is 10.1 Å². The van der Waals surface area contributed by atoms with Gasteiger partial charge in [0.2, 0.25) is 10.0 Å². The van der Waals surface area contributed by atoms with Gasteiger partial charge in [-0.3, -0.25) is 0 Å². The molecule has 0 amide bonds. The lowest BCUT2D eigenvalue weighted by Gasteiger charge is -2.12. The molecule has 0 atom stereocenters. The molecular formula is C15H26N2O3S. The summed E-state index contributed by atoms with van der Waals surface area (Å²) in [5.41, 5.74) is 0.839. The Bertz CT molecular complexity index is 542. The van der Waals surface area contributed by atoms with Gasteiger partial charge in [-0.15, -0.1) is 0 Å². The van der Waals surface area contributed by atoms with Crippen molar-refractivity contribution in [2.45, 2.75) is 38.6 Å². The molecule has 0 heterocycles. The Balaban J connectivity index is 2.90. The summed E-state index contributed by atoms with van der Waals surface area (Å²) in [7, 11) is -1.88. The van der Waals surface area contributed by atoms with Crippen molar-refractivity contribution in [2.75, 3.05) is 20.2 Å². The molecule has 0 saturated carbocycles. The lowest BCUT2D eigenvalue weighted by Crippen LogP contribution is -2.26. The van der Waals surface area contributed by atoms with E-state index in [-0.39, 0.29) is 4.90 Å². The van der Waals surface area contributed by atoms with E-state index in [1.54, 1.807) is 25.3 Å². The van der Waals surface area contributed by atoms with E-state index < -0.39 is 10.0 Å².